The lowest BCUT2D eigenvalue weighted by Crippen LogP contribution is -2.42. The lowest BCUT2D eigenvalue weighted by Gasteiger charge is -2.23. The number of hydrogen-bond donors (Lipinski definition) is 3. The van der Waals surface area contributed by atoms with Gasteiger partial charge < -0.3 is 15.7 Å². The summed E-state index contributed by atoms with van der Waals surface area (Å²) in [6.07, 6.45) is 4.00. The first-order valence-electron chi connectivity index (χ1n) is 9.07. The summed E-state index contributed by atoms with van der Waals surface area (Å²) in [7, 11) is 0. The topological polar surface area (TPSA) is 94.6 Å². The quantitative estimate of drug-likeness (QED) is 0.714. The van der Waals surface area contributed by atoms with Crippen LogP contribution in [0.25, 0.3) is 0 Å². The number of phenols is 1. The third kappa shape index (κ3) is 4.83. The summed E-state index contributed by atoms with van der Waals surface area (Å²) in [5, 5.41) is 15.4. The number of nitrogens with zero attached hydrogens (tertiary/aromatic N) is 2. The maximum Gasteiger partial charge on any atom is 0.251 e. The van der Waals surface area contributed by atoms with Crippen LogP contribution in [0.1, 0.15) is 29.3 Å². The predicted molar refractivity (Wildman–Crippen MR) is 101 cm³/mol. The second kappa shape index (κ2) is 8.64. The second-order valence-corrected chi connectivity index (χ2v) is 6.65. The van der Waals surface area contributed by atoms with Crippen LogP contribution in [0.3, 0.4) is 0 Å². The zero-order valence-electron chi connectivity index (χ0n) is 15.3. The molecule has 3 rings (SSSR count). The number of benzene rings is 1. The molecular formula is C20H24N4O3. The maximum atomic E-state index is 12.5. The molecule has 27 heavy (non-hydrogen) atoms. The first-order chi connectivity index (χ1) is 13.1. The van der Waals surface area contributed by atoms with Crippen LogP contribution in [0.2, 0.25) is 0 Å². The number of likely N-dealkylation sites (N-methyl/N-ethyl adjacent to an activating group) is 1. The van der Waals surface area contributed by atoms with Gasteiger partial charge in [0.2, 0.25) is 5.91 Å². The molecule has 1 fully saturated rings. The van der Waals surface area contributed by atoms with E-state index < -0.39 is 0 Å². The number of carbonyl (C=O) groups excluding carboxylic acids is 2. The van der Waals surface area contributed by atoms with Gasteiger partial charge in [0.05, 0.1) is 6.04 Å². The summed E-state index contributed by atoms with van der Waals surface area (Å²) in [5.74, 6) is -0.231. The van der Waals surface area contributed by atoms with E-state index in [0.29, 0.717) is 31.6 Å². The number of amides is 2. The van der Waals surface area contributed by atoms with E-state index in [9.17, 15) is 14.7 Å². The molecule has 0 spiro atoms. The molecule has 0 radical (unpaired) electrons. The summed E-state index contributed by atoms with van der Waals surface area (Å²) in [6.45, 7) is 3.65. The number of aromatic nitrogens is 1. The van der Waals surface area contributed by atoms with E-state index >= 15 is 0 Å². The highest BCUT2D eigenvalue weighted by molar-refractivity contribution is 5.95. The summed E-state index contributed by atoms with van der Waals surface area (Å²) in [5.41, 5.74) is 1.47. The molecule has 142 valence electrons. The van der Waals surface area contributed by atoms with Crippen LogP contribution in [-0.2, 0) is 11.3 Å². The first kappa shape index (κ1) is 18.8. The largest absolute Gasteiger partial charge is 0.508 e. The Hall–Kier alpha value is -2.93. The maximum absolute atomic E-state index is 12.5. The van der Waals surface area contributed by atoms with Crippen molar-refractivity contribution in [2.75, 3.05) is 13.1 Å². The van der Waals surface area contributed by atoms with Crippen molar-refractivity contribution >= 4 is 11.8 Å². The highest BCUT2D eigenvalue weighted by Crippen LogP contribution is 2.21. The van der Waals surface area contributed by atoms with Crippen molar-refractivity contribution < 1.29 is 14.7 Å². The number of carbonyl (C=O) groups is 2. The molecule has 1 aromatic heterocycles. The standard InChI is InChI=1S/C20H24N4O3/c1-2-22-20(27)18-11-16(13-24(18)12-14-6-8-21-9-7-14)23-19(26)15-4-3-5-17(25)10-15/h3-10,16,18,25H,2,11-13H2,1H3,(H,22,27)(H,23,26)/t16-,18+/m1/s1. The van der Waals surface area contributed by atoms with Gasteiger partial charge in [0.1, 0.15) is 5.75 Å². The Morgan fingerprint density at radius 3 is 2.74 bits per heavy atom. The van der Waals surface area contributed by atoms with Crippen molar-refractivity contribution in [1.82, 2.24) is 20.5 Å². The van der Waals surface area contributed by atoms with Crippen LogP contribution in [0.15, 0.2) is 48.8 Å². The molecule has 7 heteroatoms. The fourth-order valence-corrected chi connectivity index (χ4v) is 3.39. The van der Waals surface area contributed by atoms with E-state index in [0.717, 1.165) is 5.56 Å². The first-order valence-corrected chi connectivity index (χ1v) is 9.07. The lowest BCUT2D eigenvalue weighted by molar-refractivity contribution is -0.125. The van der Waals surface area contributed by atoms with Gasteiger partial charge in [0.25, 0.3) is 5.91 Å². The number of rotatable bonds is 6. The molecule has 0 bridgehead atoms. The van der Waals surface area contributed by atoms with Gasteiger partial charge in [-0.2, -0.15) is 0 Å². The van der Waals surface area contributed by atoms with E-state index in [4.69, 9.17) is 0 Å². The Morgan fingerprint density at radius 2 is 2.04 bits per heavy atom. The molecule has 2 aromatic rings. The van der Waals surface area contributed by atoms with Crippen LogP contribution < -0.4 is 10.6 Å². The van der Waals surface area contributed by atoms with Crippen molar-refractivity contribution in [3.05, 3.63) is 59.9 Å². The van der Waals surface area contributed by atoms with Crippen molar-refractivity contribution in [2.24, 2.45) is 0 Å². The fourth-order valence-electron chi connectivity index (χ4n) is 3.39. The Balaban J connectivity index is 1.70. The van der Waals surface area contributed by atoms with Gasteiger partial charge in [-0.25, -0.2) is 0 Å². The van der Waals surface area contributed by atoms with E-state index in [1.807, 2.05) is 19.1 Å². The normalized spacial score (nSPS) is 19.6. The number of hydrogen-bond acceptors (Lipinski definition) is 5. The number of phenolic OH excluding ortho intramolecular Hbond substituents is 1. The van der Waals surface area contributed by atoms with Gasteiger partial charge in [-0.1, -0.05) is 6.07 Å². The molecular weight excluding hydrogens is 344 g/mol. The molecule has 2 atom stereocenters. The number of nitrogens with one attached hydrogen (secondary N) is 2. The van der Waals surface area contributed by atoms with Crippen LogP contribution in [0.5, 0.6) is 5.75 Å². The molecule has 2 amide bonds. The van der Waals surface area contributed by atoms with Gasteiger partial charge in [0, 0.05) is 43.6 Å². The molecule has 7 nitrogen and oxygen atoms in total. The van der Waals surface area contributed by atoms with E-state index in [2.05, 4.69) is 20.5 Å². The summed E-state index contributed by atoms with van der Waals surface area (Å²) < 4.78 is 0. The summed E-state index contributed by atoms with van der Waals surface area (Å²) >= 11 is 0. The second-order valence-electron chi connectivity index (χ2n) is 6.65. The van der Waals surface area contributed by atoms with Crippen LogP contribution >= 0.6 is 0 Å². The molecule has 1 aliphatic heterocycles. The third-order valence-corrected chi connectivity index (χ3v) is 4.64. The van der Waals surface area contributed by atoms with Crippen molar-refractivity contribution in [3.8, 4) is 5.75 Å². The Kier molecular flexibility index (Phi) is 6.03. The monoisotopic (exact) mass is 368 g/mol. The number of likely N-dealkylation sites (tertiary alicyclic amines) is 1. The highest BCUT2D eigenvalue weighted by atomic mass is 16.3. The van der Waals surface area contributed by atoms with Gasteiger partial charge >= 0.3 is 0 Å². The Labute approximate surface area is 158 Å². The summed E-state index contributed by atoms with van der Waals surface area (Å²) in [6, 6.07) is 9.64. The van der Waals surface area contributed by atoms with E-state index in [1.165, 1.54) is 12.1 Å². The minimum atomic E-state index is -0.299. The van der Waals surface area contributed by atoms with Crippen LogP contribution in [-0.4, -0.2) is 52.0 Å². The molecule has 3 N–H and O–H groups in total. The van der Waals surface area contributed by atoms with Gasteiger partial charge in [-0.15, -0.1) is 0 Å². The minimum absolute atomic E-state index is 0.0272. The molecule has 1 aliphatic rings. The number of aromatic hydroxyl groups is 1. The van der Waals surface area contributed by atoms with Gasteiger partial charge in [-0.3, -0.25) is 19.5 Å². The van der Waals surface area contributed by atoms with Gasteiger partial charge in [0.15, 0.2) is 0 Å². The minimum Gasteiger partial charge on any atom is -0.508 e. The summed E-state index contributed by atoms with van der Waals surface area (Å²) in [4.78, 5) is 31.1. The van der Waals surface area contributed by atoms with Crippen LogP contribution in [0, 0.1) is 0 Å². The van der Waals surface area contributed by atoms with Crippen molar-refractivity contribution in [2.45, 2.75) is 32.0 Å². The van der Waals surface area contributed by atoms with Gasteiger partial charge in [-0.05, 0) is 49.2 Å². The van der Waals surface area contributed by atoms with E-state index in [1.54, 1.807) is 24.5 Å². The molecule has 0 unspecified atom stereocenters. The molecule has 0 aliphatic carbocycles. The zero-order valence-corrected chi connectivity index (χ0v) is 15.3. The average molecular weight is 368 g/mol. The smallest absolute Gasteiger partial charge is 0.251 e. The predicted octanol–water partition coefficient (Wildman–Crippen LogP) is 1.30. The average Bonchev–Trinajstić information content (AvgIpc) is 3.05. The molecule has 2 heterocycles. The third-order valence-electron chi connectivity index (χ3n) is 4.64. The van der Waals surface area contributed by atoms with Crippen molar-refractivity contribution in [1.29, 1.82) is 0 Å². The molecule has 1 saturated heterocycles. The fraction of sp³-hybridized carbons (Fsp3) is 0.350. The van der Waals surface area contributed by atoms with Crippen molar-refractivity contribution in [3.63, 3.8) is 0 Å². The SMILES string of the molecule is CCNC(=O)[C@@H]1C[C@@H](NC(=O)c2cccc(O)c2)CN1Cc1ccncc1. The molecule has 0 saturated carbocycles. The molecule has 1 aromatic carbocycles. The van der Waals surface area contributed by atoms with E-state index in [-0.39, 0.29) is 29.6 Å². The Bertz CT molecular complexity index is 797. The Morgan fingerprint density at radius 1 is 1.26 bits per heavy atom. The van der Waals surface area contributed by atoms with Crippen LogP contribution in [0.4, 0.5) is 0 Å². The highest BCUT2D eigenvalue weighted by Gasteiger charge is 2.37. The number of pyridine rings is 1. The lowest BCUT2D eigenvalue weighted by atomic mass is 10.1. The zero-order chi connectivity index (χ0) is 19.2.